The van der Waals surface area contributed by atoms with Crippen LogP contribution in [0.4, 0.5) is 0 Å². The molecule has 0 radical (unpaired) electrons. The van der Waals surface area contributed by atoms with Gasteiger partial charge in [0.2, 0.25) is 0 Å². The number of benzene rings is 3. The van der Waals surface area contributed by atoms with E-state index in [1.807, 2.05) is 0 Å². The van der Waals surface area contributed by atoms with Crippen molar-refractivity contribution in [2.75, 3.05) is 0 Å². The van der Waals surface area contributed by atoms with Gasteiger partial charge in [0, 0.05) is 33.6 Å². The Balaban J connectivity index is 1.97. The molecular weight excluding hydrogens is 345 g/mol. The topological polar surface area (TPSA) is 4.93 Å². The zero-order chi connectivity index (χ0) is 19.1. The first-order valence-corrected chi connectivity index (χ1v) is 9.88. The van der Waals surface area contributed by atoms with E-state index < -0.39 is 0 Å². The number of rotatable bonds is 4. The number of aromatic nitrogens is 1. The van der Waals surface area contributed by atoms with E-state index in [9.17, 15) is 0 Å². The van der Waals surface area contributed by atoms with Crippen LogP contribution in [0.5, 0.6) is 0 Å². The number of fused-ring (bicyclic) bond motifs is 3. The van der Waals surface area contributed by atoms with Crippen molar-refractivity contribution in [3.63, 3.8) is 0 Å². The quantitative estimate of drug-likeness (QED) is 0.346. The van der Waals surface area contributed by atoms with E-state index in [-0.39, 0.29) is 0 Å². The lowest BCUT2D eigenvalue weighted by atomic mass is 9.98. The van der Waals surface area contributed by atoms with Crippen LogP contribution in [0.2, 0.25) is 0 Å². The molecule has 0 unspecified atom stereocenters. The molecule has 0 saturated carbocycles. The minimum atomic E-state index is 0.952. The van der Waals surface area contributed by atoms with Crippen molar-refractivity contribution in [1.29, 1.82) is 0 Å². The van der Waals surface area contributed by atoms with Crippen molar-refractivity contribution in [1.82, 2.24) is 4.57 Å². The molecule has 4 rings (SSSR count). The van der Waals surface area contributed by atoms with Gasteiger partial charge >= 0.3 is 0 Å². The van der Waals surface area contributed by atoms with E-state index in [1.165, 1.54) is 44.1 Å². The maximum atomic E-state index is 4.12. The van der Waals surface area contributed by atoms with Crippen molar-refractivity contribution in [3.05, 3.63) is 89.5 Å². The van der Waals surface area contributed by atoms with E-state index in [0.29, 0.717) is 0 Å². The van der Waals surface area contributed by atoms with Gasteiger partial charge in [0.05, 0.1) is 0 Å². The molecule has 27 heavy (non-hydrogen) atoms. The lowest BCUT2D eigenvalue weighted by Gasteiger charge is -2.10. The average Bonchev–Trinajstić information content (AvgIpc) is 3.00. The van der Waals surface area contributed by atoms with Gasteiger partial charge in [-0.1, -0.05) is 48.6 Å². The van der Waals surface area contributed by atoms with E-state index in [4.69, 9.17) is 0 Å². The number of allylic oxidation sites excluding steroid dienone is 1. The normalized spacial score (nSPS) is 11.2. The third kappa shape index (κ3) is 2.93. The Bertz CT molecular complexity index is 1210. The maximum Gasteiger partial charge on any atom is 0.0491 e. The Hall–Kier alpha value is -2.63. The van der Waals surface area contributed by atoms with Crippen LogP contribution in [-0.4, -0.2) is 9.86 Å². The smallest absolute Gasteiger partial charge is 0.0491 e. The summed E-state index contributed by atoms with van der Waals surface area (Å²) in [6.07, 6.45) is 0. The van der Waals surface area contributed by atoms with Crippen LogP contribution in [0, 0.1) is 6.92 Å². The lowest BCUT2D eigenvalue weighted by molar-refractivity contribution is 0.827. The molecule has 4 aromatic rings. The fraction of sp³-hybridized carbons (Fsp3) is 0.160. The standard InChI is InChI=1S/C25H24NP/c1-5-26-23-12-10-18(16(2)3)14-21(23)22-15-19(11-13-24(22)26)25(27)20-9-7-6-8-17(20)4/h6-15,27H,2,5H2,1,3-4H3. The number of nitrogens with zero attached hydrogens (tertiary/aromatic N) is 1. The third-order valence-corrected chi connectivity index (χ3v) is 5.93. The molecule has 0 aliphatic rings. The lowest BCUT2D eigenvalue weighted by Crippen LogP contribution is -2.01. The van der Waals surface area contributed by atoms with Gasteiger partial charge in [-0.3, -0.25) is 0 Å². The van der Waals surface area contributed by atoms with Crippen LogP contribution in [0.1, 0.15) is 36.1 Å². The highest BCUT2D eigenvalue weighted by Gasteiger charge is 2.13. The molecule has 0 N–H and O–H groups in total. The molecule has 1 nitrogen and oxygen atoms in total. The molecule has 0 bridgehead atoms. The first kappa shape index (κ1) is 17.8. The molecule has 0 amide bonds. The van der Waals surface area contributed by atoms with Gasteiger partial charge in [0.1, 0.15) is 0 Å². The second-order valence-electron chi connectivity index (χ2n) is 7.18. The molecular formula is C25H24NP. The van der Waals surface area contributed by atoms with Crippen molar-refractivity contribution in [2.45, 2.75) is 27.3 Å². The van der Waals surface area contributed by atoms with Gasteiger partial charge in [0.25, 0.3) is 0 Å². The van der Waals surface area contributed by atoms with Gasteiger partial charge in [-0.05, 0) is 67.3 Å². The monoisotopic (exact) mass is 369 g/mol. The van der Waals surface area contributed by atoms with Crippen LogP contribution in [-0.2, 0) is 6.54 Å². The molecule has 0 saturated heterocycles. The van der Waals surface area contributed by atoms with Gasteiger partial charge in [-0.2, -0.15) is 0 Å². The minimum absolute atomic E-state index is 0.952. The highest BCUT2D eigenvalue weighted by molar-refractivity contribution is 7.23. The Kier molecular flexibility index (Phi) is 4.50. The molecule has 0 aliphatic carbocycles. The van der Waals surface area contributed by atoms with Crippen molar-refractivity contribution < 1.29 is 0 Å². The molecule has 0 fully saturated rings. The van der Waals surface area contributed by atoms with Crippen LogP contribution in [0.15, 0.2) is 67.2 Å². The number of aryl methyl sites for hydroxylation is 2. The molecule has 2 heteroatoms. The summed E-state index contributed by atoms with van der Waals surface area (Å²) in [7, 11) is 3.91. The summed E-state index contributed by atoms with van der Waals surface area (Å²) >= 11 is 0. The molecule has 1 aromatic heterocycles. The summed E-state index contributed by atoms with van der Waals surface area (Å²) in [4.78, 5) is 0. The van der Waals surface area contributed by atoms with Crippen LogP contribution in [0.3, 0.4) is 0 Å². The predicted octanol–water partition coefficient (Wildman–Crippen LogP) is 6.87. The van der Waals surface area contributed by atoms with Crippen molar-refractivity contribution in [3.8, 4) is 0 Å². The summed E-state index contributed by atoms with van der Waals surface area (Å²) in [6.45, 7) is 11.5. The highest BCUT2D eigenvalue weighted by Crippen LogP contribution is 2.32. The SMILES string of the molecule is C=C(C)c1ccc2c(c1)c1cc(C(=P)c3ccccc3C)ccc1n2CC. The van der Waals surface area contributed by atoms with E-state index in [2.05, 4.69) is 101 Å². The zero-order valence-corrected chi connectivity index (χ0v) is 17.1. The van der Waals surface area contributed by atoms with Gasteiger partial charge in [-0.15, -0.1) is 8.86 Å². The minimum Gasteiger partial charge on any atom is -0.341 e. The molecule has 0 atom stereocenters. The van der Waals surface area contributed by atoms with Crippen LogP contribution in [0.25, 0.3) is 27.4 Å². The Morgan fingerprint density at radius 2 is 1.52 bits per heavy atom. The van der Waals surface area contributed by atoms with Crippen molar-refractivity contribution >= 4 is 41.5 Å². The summed E-state index contributed by atoms with van der Waals surface area (Å²) in [5.74, 6) is 0. The van der Waals surface area contributed by atoms with Crippen molar-refractivity contribution in [2.24, 2.45) is 0 Å². The van der Waals surface area contributed by atoms with Crippen LogP contribution >= 0.6 is 8.86 Å². The summed E-state index contributed by atoms with van der Waals surface area (Å²) in [6, 6.07) is 21.9. The van der Waals surface area contributed by atoms with E-state index in [1.54, 1.807) is 0 Å². The second-order valence-corrected chi connectivity index (χ2v) is 7.68. The molecule has 3 aromatic carbocycles. The molecule has 1 heterocycles. The van der Waals surface area contributed by atoms with Gasteiger partial charge < -0.3 is 4.57 Å². The Labute approximate surface area is 163 Å². The summed E-state index contributed by atoms with van der Waals surface area (Å²) < 4.78 is 2.39. The molecule has 134 valence electrons. The number of hydrogen-bond donors (Lipinski definition) is 0. The van der Waals surface area contributed by atoms with Gasteiger partial charge in [0.15, 0.2) is 0 Å². The average molecular weight is 369 g/mol. The summed E-state index contributed by atoms with van der Waals surface area (Å²) in [5, 5.41) is 3.71. The first-order valence-electron chi connectivity index (χ1n) is 9.38. The first-order chi connectivity index (χ1) is 13.0. The molecule has 0 aliphatic heterocycles. The highest BCUT2D eigenvalue weighted by atomic mass is 31.0. The zero-order valence-electron chi connectivity index (χ0n) is 16.1. The predicted molar refractivity (Wildman–Crippen MR) is 123 cm³/mol. The van der Waals surface area contributed by atoms with Crippen LogP contribution < -0.4 is 0 Å². The largest absolute Gasteiger partial charge is 0.341 e. The maximum absolute atomic E-state index is 4.12. The van der Waals surface area contributed by atoms with E-state index >= 15 is 0 Å². The van der Waals surface area contributed by atoms with E-state index in [0.717, 1.165) is 17.4 Å². The number of hydrogen-bond acceptors (Lipinski definition) is 0. The fourth-order valence-corrected chi connectivity index (χ4v) is 4.31. The fourth-order valence-electron chi connectivity index (χ4n) is 3.87. The third-order valence-electron chi connectivity index (χ3n) is 5.38. The summed E-state index contributed by atoms with van der Waals surface area (Å²) in [5.41, 5.74) is 8.55. The van der Waals surface area contributed by atoms with Gasteiger partial charge in [-0.25, -0.2) is 0 Å². The Morgan fingerprint density at radius 1 is 0.926 bits per heavy atom. The molecule has 0 spiro atoms. The second kappa shape index (κ2) is 6.83. The Morgan fingerprint density at radius 3 is 2.11 bits per heavy atom.